The first kappa shape index (κ1) is 55.4. The number of ether oxygens (including phenoxy) is 1. The van der Waals surface area contributed by atoms with Gasteiger partial charge in [0.1, 0.15) is 18.1 Å². The Kier molecular flexibility index (Phi) is 14.8. The smallest absolute Gasteiger partial charge is 0.343 e. The van der Waals surface area contributed by atoms with Crippen molar-refractivity contribution in [2.45, 2.75) is 75.8 Å². The van der Waals surface area contributed by atoms with Gasteiger partial charge in [0.2, 0.25) is 23.6 Å². The van der Waals surface area contributed by atoms with Gasteiger partial charge >= 0.3 is 5.97 Å². The Bertz CT molecular complexity index is 4070. The molecule has 8 bridgehead atoms. The molecule has 0 spiro atoms. The summed E-state index contributed by atoms with van der Waals surface area (Å²) in [5.41, 5.74) is 7.86. The van der Waals surface area contributed by atoms with E-state index >= 15 is 0 Å². The number of fused-ring (bicyclic) bond motifs is 8. The first-order valence-corrected chi connectivity index (χ1v) is 27.0. The quantitative estimate of drug-likeness (QED) is 0.0678. The maximum absolute atomic E-state index is 14.7. The summed E-state index contributed by atoms with van der Waals surface area (Å²) in [7, 11) is 0. The van der Waals surface area contributed by atoms with E-state index in [9.17, 15) is 24.0 Å². The fraction of sp³-hybridized carbons (Fsp3) is 0.212. The molecule has 6 heterocycles. The number of nitrogens with zero attached hydrogens (tertiary/aromatic N) is 4. The molecule has 0 atom stereocenters. The molecule has 82 heavy (non-hydrogen) atoms. The van der Waals surface area contributed by atoms with Crippen LogP contribution < -0.4 is 26.0 Å². The van der Waals surface area contributed by atoms with Crippen LogP contribution in [0.15, 0.2) is 134 Å². The van der Waals surface area contributed by atoms with E-state index in [0.717, 1.165) is 0 Å². The van der Waals surface area contributed by atoms with Gasteiger partial charge in [0.05, 0.1) is 28.2 Å². The average molecular weight is 1090 g/mol. The largest absolute Gasteiger partial charge is 0.418 e. The molecular formula is C66H64N10O6. The van der Waals surface area contributed by atoms with E-state index in [1.54, 1.807) is 53.4 Å². The fourth-order valence-electron chi connectivity index (χ4n) is 9.30. The van der Waals surface area contributed by atoms with Crippen molar-refractivity contribution in [3.05, 3.63) is 168 Å². The molecule has 4 aromatic heterocycles. The summed E-state index contributed by atoms with van der Waals surface area (Å²) in [5, 5.41) is 12.4. The Labute approximate surface area is 475 Å². The van der Waals surface area contributed by atoms with Crippen molar-refractivity contribution in [3.63, 3.8) is 0 Å². The minimum Gasteiger partial charge on any atom is -0.418 e. The lowest BCUT2D eigenvalue weighted by Gasteiger charge is -2.20. The van der Waals surface area contributed by atoms with Crippen molar-refractivity contribution in [1.82, 2.24) is 29.5 Å². The molecule has 10 rings (SSSR count). The van der Waals surface area contributed by atoms with Gasteiger partial charge in [-0.05, 0) is 91.9 Å². The van der Waals surface area contributed by atoms with Gasteiger partial charge in [0.25, 0.3) is 0 Å². The van der Waals surface area contributed by atoms with E-state index < -0.39 is 22.2 Å². The van der Waals surface area contributed by atoms with E-state index in [4.69, 9.17) is 14.7 Å². The number of anilines is 4. The summed E-state index contributed by atoms with van der Waals surface area (Å²) in [4.78, 5) is 91.5. The maximum Gasteiger partial charge on any atom is 0.343 e. The van der Waals surface area contributed by atoms with Gasteiger partial charge in [-0.1, -0.05) is 123 Å². The third-order valence-corrected chi connectivity index (χ3v) is 13.9. The van der Waals surface area contributed by atoms with Crippen molar-refractivity contribution in [3.8, 4) is 39.1 Å². The van der Waals surface area contributed by atoms with Gasteiger partial charge < -0.3 is 40.5 Å². The Morgan fingerprint density at radius 1 is 0.500 bits per heavy atom. The number of nitrogens with one attached hydrogen (secondary N) is 6. The molecule has 0 saturated heterocycles. The zero-order valence-corrected chi connectivity index (χ0v) is 47.5. The van der Waals surface area contributed by atoms with Gasteiger partial charge in [-0.3, -0.25) is 19.2 Å². The van der Waals surface area contributed by atoms with E-state index in [1.807, 2.05) is 178 Å². The van der Waals surface area contributed by atoms with Gasteiger partial charge in [-0.2, -0.15) is 0 Å². The van der Waals surface area contributed by atoms with Crippen LogP contribution in [0.5, 0.6) is 5.75 Å². The Morgan fingerprint density at radius 3 is 1.35 bits per heavy atom. The highest BCUT2D eigenvalue weighted by atomic mass is 16.5. The van der Waals surface area contributed by atoms with Crippen LogP contribution in [0.1, 0.15) is 101 Å². The second-order valence-electron chi connectivity index (χ2n) is 23.3. The molecule has 0 radical (unpaired) electrons. The van der Waals surface area contributed by atoms with Crippen LogP contribution in [0.2, 0.25) is 0 Å². The highest BCUT2D eigenvalue weighted by Gasteiger charge is 2.28. The second-order valence-corrected chi connectivity index (χ2v) is 23.3. The summed E-state index contributed by atoms with van der Waals surface area (Å²) in [6.07, 6.45) is 10.8. The van der Waals surface area contributed by atoms with Crippen molar-refractivity contribution < 1.29 is 28.7 Å². The van der Waals surface area contributed by atoms with E-state index in [-0.39, 0.29) is 47.2 Å². The van der Waals surface area contributed by atoms with Crippen molar-refractivity contribution in [2.24, 2.45) is 16.2 Å². The molecule has 0 unspecified atom stereocenters. The summed E-state index contributed by atoms with van der Waals surface area (Å²) < 4.78 is 8.21. The minimum absolute atomic E-state index is 0.0213. The molecule has 6 N–H and O–H groups in total. The van der Waals surface area contributed by atoms with Crippen LogP contribution in [0.4, 0.5) is 22.7 Å². The number of esters is 1. The normalized spacial score (nSPS) is 12.2. The molecule has 0 saturated carbocycles. The molecule has 414 valence electrons. The number of aromatic amines is 2. The molecule has 16 nitrogen and oxygen atoms in total. The number of hydrogen-bond acceptors (Lipinski definition) is 9. The Morgan fingerprint density at radius 2 is 0.915 bits per heavy atom. The lowest BCUT2D eigenvalue weighted by Crippen LogP contribution is -2.27. The Balaban J connectivity index is 1.27. The van der Waals surface area contributed by atoms with Crippen LogP contribution in [-0.2, 0) is 25.7 Å². The fourth-order valence-corrected chi connectivity index (χ4v) is 9.30. The highest BCUT2D eigenvalue weighted by Crippen LogP contribution is 2.43. The number of benzene rings is 4. The van der Waals surface area contributed by atoms with Crippen molar-refractivity contribution in [1.29, 1.82) is 0 Å². The van der Waals surface area contributed by atoms with Gasteiger partial charge in [0.15, 0.2) is 5.75 Å². The monoisotopic (exact) mass is 1090 g/mol. The SMILES string of the molecule is Cc1nccn1CC(=O)Nc1cccc(C(=O)Oc2c3nc(c(-c4ccccc4NC(=O)C(C)(C)C)c4ccc([nH]4)c(-c4ccccc4NC(=O)C(C)(C)C)c4nc(c(-c5ccccc5NC(=O)C(C)(C)C)c5ccc2[nH]5)C=C4)C=C3)c1. The number of carbonyl (C=O) groups excluding carboxylic acids is 5. The van der Waals surface area contributed by atoms with E-state index in [1.165, 1.54) is 0 Å². The van der Waals surface area contributed by atoms with Crippen LogP contribution in [0.3, 0.4) is 0 Å². The summed E-state index contributed by atoms with van der Waals surface area (Å²) >= 11 is 0. The third kappa shape index (κ3) is 11.7. The molecule has 0 fully saturated rings. The predicted octanol–water partition coefficient (Wildman–Crippen LogP) is 14.0. The number of rotatable bonds is 11. The molecule has 0 aliphatic carbocycles. The number of aromatic nitrogens is 6. The third-order valence-electron chi connectivity index (χ3n) is 13.9. The number of imidazole rings is 1. The molecule has 2 aliphatic heterocycles. The first-order chi connectivity index (χ1) is 39.0. The lowest BCUT2D eigenvalue weighted by molar-refractivity contribution is -0.123. The molecule has 16 heteroatoms. The van der Waals surface area contributed by atoms with Crippen LogP contribution in [-0.4, -0.2) is 59.1 Å². The number of aryl methyl sites for hydroxylation is 1. The lowest BCUT2D eigenvalue weighted by atomic mass is 9.94. The number of amides is 4. The van der Waals surface area contributed by atoms with E-state index in [2.05, 4.69) is 36.2 Å². The van der Waals surface area contributed by atoms with Crippen molar-refractivity contribution in [2.75, 3.05) is 21.3 Å². The number of hydrogen-bond donors (Lipinski definition) is 6. The number of carbonyl (C=O) groups is 5. The second kappa shape index (κ2) is 21.9. The van der Waals surface area contributed by atoms with Crippen LogP contribution in [0, 0.1) is 23.2 Å². The molecule has 8 aromatic rings. The summed E-state index contributed by atoms with van der Waals surface area (Å²) in [5.74, 6) is -0.857. The van der Waals surface area contributed by atoms with Gasteiger partial charge in [-0.15, -0.1) is 0 Å². The summed E-state index contributed by atoms with van der Waals surface area (Å²) in [6, 6.07) is 36.6. The topological polar surface area (TPSA) is 218 Å². The Hall–Kier alpha value is -9.96. The number of para-hydroxylation sites is 3. The summed E-state index contributed by atoms with van der Waals surface area (Å²) in [6.45, 7) is 18.5. The zero-order chi connectivity index (χ0) is 58.3. The van der Waals surface area contributed by atoms with Gasteiger partial charge in [-0.25, -0.2) is 19.7 Å². The van der Waals surface area contributed by atoms with Crippen molar-refractivity contribution >= 4 is 98.7 Å². The van der Waals surface area contributed by atoms with Crippen LogP contribution >= 0.6 is 0 Å². The molecule has 4 amide bonds. The molecule has 2 aliphatic rings. The number of H-pyrrole nitrogens is 2. The highest BCUT2D eigenvalue weighted by molar-refractivity contribution is 6.07. The van der Waals surface area contributed by atoms with Crippen LogP contribution in [0.25, 0.3) is 79.8 Å². The van der Waals surface area contributed by atoms with E-state index in [0.29, 0.717) is 101 Å². The average Bonchev–Trinajstić information content (AvgIpc) is 3.71. The molecule has 4 aromatic carbocycles. The maximum atomic E-state index is 14.7. The predicted molar refractivity (Wildman–Crippen MR) is 326 cm³/mol. The minimum atomic E-state index is -0.734. The molecular weight excluding hydrogens is 1030 g/mol. The van der Waals surface area contributed by atoms with Gasteiger partial charge in [0, 0.05) is 101 Å². The first-order valence-electron chi connectivity index (χ1n) is 27.0. The zero-order valence-electron chi connectivity index (χ0n) is 47.5. The standard InChI is InChI=1S/C66H64N10O6/c1-38-67-34-35-76(38)37-55(77)68-40-19-17-18-39(36-40)60(78)82-59-53-32-30-51(71-53)57(42-21-12-15-24-45(42)74-62(80)65(5,6)7)49-28-26-47(69-49)56(41-20-11-14-23-44(41)73-61(79)64(2,3)4)48-27-29-50(70-48)58(52-31-33-54(59)72-52)43-22-13-16-25-46(43)75-63(81)66(8,9)10/h11-36,69,72H,37H2,1-10H3,(H,68,77)(H,73,79)(H,74,80)(H,75,81).